The smallest absolute Gasteiger partial charge is 0.338 e. The molecule has 0 amide bonds. The number of fused-ring (bicyclic) bond motifs is 1. The number of nitrogens with zero attached hydrogens (tertiary/aromatic N) is 3. The number of ether oxygens (including phenoxy) is 2. The third-order valence-corrected chi connectivity index (χ3v) is 6.34. The number of rotatable bonds is 9. The van der Waals surface area contributed by atoms with E-state index in [-0.39, 0.29) is 5.97 Å². The number of anilines is 1. The first-order valence-corrected chi connectivity index (χ1v) is 12.5. The van der Waals surface area contributed by atoms with Crippen LogP contribution < -0.4 is 10.1 Å². The van der Waals surface area contributed by atoms with Crippen molar-refractivity contribution in [3.05, 3.63) is 76.5 Å². The van der Waals surface area contributed by atoms with E-state index in [1.807, 2.05) is 50.2 Å². The van der Waals surface area contributed by atoms with Crippen molar-refractivity contribution in [3.8, 4) is 5.75 Å². The van der Waals surface area contributed by atoms with Crippen molar-refractivity contribution in [2.24, 2.45) is 0 Å². The van der Waals surface area contributed by atoms with Crippen molar-refractivity contribution in [1.29, 1.82) is 0 Å². The number of aryl methyl sites for hydroxylation is 1. The van der Waals surface area contributed by atoms with Crippen molar-refractivity contribution < 1.29 is 14.3 Å². The third kappa shape index (κ3) is 5.12. The molecule has 3 aromatic rings. The molecule has 178 valence electrons. The predicted octanol–water partition coefficient (Wildman–Crippen LogP) is 5.52. The van der Waals surface area contributed by atoms with E-state index in [1.54, 1.807) is 16.4 Å². The van der Waals surface area contributed by atoms with Crippen molar-refractivity contribution >= 4 is 23.7 Å². The Morgan fingerprint density at radius 2 is 1.88 bits per heavy atom. The van der Waals surface area contributed by atoms with Gasteiger partial charge in [-0.2, -0.15) is 4.98 Å². The maximum Gasteiger partial charge on any atom is 0.338 e. The number of aromatic nitrogens is 3. The summed E-state index contributed by atoms with van der Waals surface area (Å²) in [5.41, 5.74) is 4.51. The van der Waals surface area contributed by atoms with Gasteiger partial charge in [0, 0.05) is 5.70 Å². The van der Waals surface area contributed by atoms with Gasteiger partial charge in [0.2, 0.25) is 11.1 Å². The summed E-state index contributed by atoms with van der Waals surface area (Å²) in [5, 5.41) is 8.59. The summed E-state index contributed by atoms with van der Waals surface area (Å²) in [6.45, 7) is 8.85. The van der Waals surface area contributed by atoms with Crippen LogP contribution in [-0.4, -0.2) is 33.1 Å². The Bertz CT molecular complexity index is 1190. The largest absolute Gasteiger partial charge is 0.489 e. The quantitative estimate of drug-likeness (QED) is 0.320. The van der Waals surface area contributed by atoms with E-state index in [1.165, 1.54) is 5.56 Å². The zero-order chi connectivity index (χ0) is 24.1. The first-order chi connectivity index (χ1) is 16.5. The number of hydrogen-bond acceptors (Lipinski definition) is 7. The average Bonchev–Trinajstić information content (AvgIpc) is 3.23. The van der Waals surface area contributed by atoms with E-state index in [0.717, 1.165) is 34.7 Å². The minimum atomic E-state index is -0.440. The summed E-state index contributed by atoms with van der Waals surface area (Å²) in [5.74, 6) is 1.89. The fourth-order valence-electron chi connectivity index (χ4n) is 3.85. The van der Waals surface area contributed by atoms with Crippen LogP contribution in [0, 0.1) is 6.92 Å². The topological polar surface area (TPSA) is 78.3 Å². The molecule has 0 bridgehead atoms. The van der Waals surface area contributed by atoms with Crippen molar-refractivity contribution in [2.75, 3.05) is 17.7 Å². The van der Waals surface area contributed by atoms with E-state index in [0.29, 0.717) is 29.9 Å². The summed E-state index contributed by atoms with van der Waals surface area (Å²) in [6, 6.07) is 15.5. The number of carbonyl (C=O) groups is 1. The highest BCUT2D eigenvalue weighted by atomic mass is 32.2. The molecule has 1 aromatic heterocycles. The molecule has 1 atom stereocenters. The summed E-state index contributed by atoms with van der Waals surface area (Å²) in [6.07, 6.45) is 0.759. The van der Waals surface area contributed by atoms with Gasteiger partial charge in [-0.05, 0) is 54.8 Å². The van der Waals surface area contributed by atoms with Crippen LogP contribution in [0.1, 0.15) is 49.9 Å². The Kier molecular flexibility index (Phi) is 7.57. The van der Waals surface area contributed by atoms with Crippen LogP contribution in [0.25, 0.3) is 0 Å². The molecule has 0 fully saturated rings. The van der Waals surface area contributed by atoms with Gasteiger partial charge in [0.15, 0.2) is 0 Å². The average molecular weight is 479 g/mol. The molecule has 2 aromatic carbocycles. The van der Waals surface area contributed by atoms with Crippen LogP contribution in [0.15, 0.2) is 65.0 Å². The second kappa shape index (κ2) is 10.8. The molecular weight excluding hydrogens is 448 g/mol. The predicted molar refractivity (Wildman–Crippen MR) is 134 cm³/mol. The molecule has 1 aliphatic rings. The summed E-state index contributed by atoms with van der Waals surface area (Å²) in [7, 11) is 0. The molecule has 7 nitrogen and oxygen atoms in total. The van der Waals surface area contributed by atoms with Crippen LogP contribution in [0.4, 0.5) is 5.95 Å². The molecule has 0 spiro atoms. The molecule has 0 aliphatic carbocycles. The van der Waals surface area contributed by atoms with Crippen molar-refractivity contribution in [3.63, 3.8) is 0 Å². The number of carbonyl (C=O) groups excluding carboxylic acids is 1. The van der Waals surface area contributed by atoms with Gasteiger partial charge >= 0.3 is 5.97 Å². The molecule has 2 heterocycles. The Labute approximate surface area is 204 Å². The Morgan fingerprint density at radius 3 is 2.59 bits per heavy atom. The van der Waals surface area contributed by atoms with Gasteiger partial charge in [-0.1, -0.05) is 62.0 Å². The fourth-order valence-corrected chi connectivity index (χ4v) is 4.40. The SMILES string of the molecule is CCCOC(=O)C1=C(C)Nc2nc(SCC)nn2C1c1ccc(OCc2ccccc2C)cc1. The highest BCUT2D eigenvalue weighted by molar-refractivity contribution is 7.99. The number of allylic oxidation sites excluding steroid dienone is 1. The minimum absolute atomic E-state index is 0.345. The molecule has 0 saturated heterocycles. The lowest BCUT2D eigenvalue weighted by Gasteiger charge is -2.28. The van der Waals surface area contributed by atoms with E-state index in [2.05, 4.69) is 41.4 Å². The molecule has 8 heteroatoms. The molecule has 4 rings (SSSR count). The van der Waals surface area contributed by atoms with Crippen LogP contribution >= 0.6 is 11.8 Å². The van der Waals surface area contributed by atoms with Gasteiger partial charge in [-0.3, -0.25) is 0 Å². The van der Waals surface area contributed by atoms with Gasteiger partial charge in [0.1, 0.15) is 18.4 Å². The molecule has 1 unspecified atom stereocenters. The minimum Gasteiger partial charge on any atom is -0.489 e. The number of hydrogen-bond donors (Lipinski definition) is 1. The second-order valence-electron chi connectivity index (χ2n) is 8.08. The first-order valence-electron chi connectivity index (χ1n) is 11.5. The van der Waals surface area contributed by atoms with Crippen LogP contribution in [0.5, 0.6) is 5.75 Å². The van der Waals surface area contributed by atoms with E-state index in [4.69, 9.17) is 9.47 Å². The lowest BCUT2D eigenvalue weighted by molar-refractivity contribution is -0.139. The van der Waals surface area contributed by atoms with Crippen LogP contribution in [0.2, 0.25) is 0 Å². The highest BCUT2D eigenvalue weighted by Crippen LogP contribution is 2.37. The standard InChI is InChI=1S/C26H30N4O3S/c1-5-15-32-24(31)22-18(4)27-25-28-26(34-6-2)29-30(25)23(22)19-11-13-21(14-12-19)33-16-20-10-8-7-9-17(20)3/h7-14,23H,5-6,15-16H2,1-4H3,(H,27,28,29). The molecule has 1 N–H and O–H groups in total. The van der Waals surface area contributed by atoms with Crippen LogP contribution in [0.3, 0.4) is 0 Å². The van der Waals surface area contributed by atoms with Crippen LogP contribution in [-0.2, 0) is 16.1 Å². The van der Waals surface area contributed by atoms with Gasteiger partial charge in [0.25, 0.3) is 0 Å². The molecule has 34 heavy (non-hydrogen) atoms. The Morgan fingerprint density at radius 1 is 1.12 bits per heavy atom. The summed E-state index contributed by atoms with van der Waals surface area (Å²) >= 11 is 1.56. The summed E-state index contributed by atoms with van der Waals surface area (Å²) in [4.78, 5) is 17.6. The zero-order valence-corrected chi connectivity index (χ0v) is 20.8. The molecule has 0 radical (unpaired) electrons. The van der Waals surface area contributed by atoms with Gasteiger partial charge in [0.05, 0.1) is 12.2 Å². The first kappa shape index (κ1) is 23.9. The normalized spacial score (nSPS) is 15.0. The lowest BCUT2D eigenvalue weighted by Crippen LogP contribution is -2.29. The van der Waals surface area contributed by atoms with E-state index < -0.39 is 6.04 Å². The molecule has 0 saturated carbocycles. The molecule has 1 aliphatic heterocycles. The number of nitrogens with one attached hydrogen (secondary N) is 1. The maximum absolute atomic E-state index is 13.0. The molecular formula is C26H30N4O3S. The highest BCUT2D eigenvalue weighted by Gasteiger charge is 2.35. The van der Waals surface area contributed by atoms with E-state index in [9.17, 15) is 4.79 Å². The Hall–Kier alpha value is -3.26. The van der Waals surface area contributed by atoms with Gasteiger partial charge in [-0.25, -0.2) is 9.48 Å². The van der Waals surface area contributed by atoms with Gasteiger partial charge in [-0.15, -0.1) is 5.10 Å². The van der Waals surface area contributed by atoms with Crippen molar-refractivity contribution in [2.45, 2.75) is 51.9 Å². The Balaban J connectivity index is 1.63. The number of esters is 1. The maximum atomic E-state index is 13.0. The summed E-state index contributed by atoms with van der Waals surface area (Å²) < 4.78 is 13.3. The van der Waals surface area contributed by atoms with E-state index >= 15 is 0 Å². The zero-order valence-electron chi connectivity index (χ0n) is 20.0. The van der Waals surface area contributed by atoms with Crippen molar-refractivity contribution in [1.82, 2.24) is 14.8 Å². The second-order valence-corrected chi connectivity index (χ2v) is 9.31. The lowest BCUT2D eigenvalue weighted by atomic mass is 9.96. The fraction of sp³-hybridized carbons (Fsp3) is 0.346. The third-order valence-electron chi connectivity index (χ3n) is 5.62. The van der Waals surface area contributed by atoms with Gasteiger partial charge < -0.3 is 14.8 Å². The monoisotopic (exact) mass is 478 g/mol. The number of benzene rings is 2. The number of thioether (sulfide) groups is 1.